The molecule has 0 radical (unpaired) electrons. The number of aliphatic imine (C=N–C) groups is 1. The first kappa shape index (κ1) is 23.2. The Morgan fingerprint density at radius 1 is 1.11 bits per heavy atom. The number of para-hydroxylation sites is 1. The van der Waals surface area contributed by atoms with E-state index in [1.165, 1.54) is 11.3 Å². The van der Waals surface area contributed by atoms with Gasteiger partial charge in [0.25, 0.3) is 0 Å². The van der Waals surface area contributed by atoms with Crippen LogP contribution in [0.5, 0.6) is 0 Å². The number of ether oxygens (including phenoxy) is 1. The van der Waals surface area contributed by atoms with E-state index in [1.54, 1.807) is 0 Å². The summed E-state index contributed by atoms with van der Waals surface area (Å²) in [6.45, 7) is 14.0. The maximum atomic E-state index is 5.45. The number of rotatable bonds is 7. The molecule has 3 rings (SSSR count). The third-order valence-corrected chi connectivity index (χ3v) is 5.55. The molecule has 2 N–H and O–H groups in total. The summed E-state index contributed by atoms with van der Waals surface area (Å²) in [7, 11) is 0. The normalized spacial score (nSPS) is 19.5. The van der Waals surface area contributed by atoms with Crippen molar-refractivity contribution in [1.82, 2.24) is 15.5 Å². The number of guanidine groups is 1. The van der Waals surface area contributed by atoms with Gasteiger partial charge in [-0.2, -0.15) is 0 Å². The van der Waals surface area contributed by atoms with Crippen LogP contribution in [0.4, 0.5) is 5.69 Å². The van der Waals surface area contributed by atoms with Crippen LogP contribution in [0, 0.1) is 0 Å². The van der Waals surface area contributed by atoms with Crippen LogP contribution >= 0.6 is 24.0 Å². The molecule has 6 nitrogen and oxygen atoms in total. The Bertz CT molecular complexity index is 621. The fraction of sp³-hybridized carbons (Fsp3) is 0.667. The lowest BCUT2D eigenvalue weighted by molar-refractivity contribution is 0.0220. The summed E-state index contributed by atoms with van der Waals surface area (Å²) in [6.07, 6.45) is 1.14. The maximum Gasteiger partial charge on any atom is 0.191 e. The third kappa shape index (κ3) is 6.22. The van der Waals surface area contributed by atoms with E-state index in [0.717, 1.165) is 64.9 Å². The Hall–Kier alpha value is -1.06. The highest BCUT2D eigenvalue weighted by atomic mass is 127. The van der Waals surface area contributed by atoms with E-state index in [1.807, 2.05) is 0 Å². The lowest BCUT2D eigenvalue weighted by Crippen LogP contribution is -2.47. The predicted octanol–water partition coefficient (Wildman–Crippen LogP) is 2.33. The van der Waals surface area contributed by atoms with E-state index in [-0.39, 0.29) is 24.0 Å². The van der Waals surface area contributed by atoms with Crippen molar-refractivity contribution in [1.29, 1.82) is 0 Å². The van der Waals surface area contributed by atoms with E-state index in [4.69, 9.17) is 9.73 Å². The molecule has 0 aromatic heterocycles. The van der Waals surface area contributed by atoms with Crippen molar-refractivity contribution in [3.8, 4) is 0 Å². The van der Waals surface area contributed by atoms with E-state index in [0.29, 0.717) is 12.1 Å². The van der Waals surface area contributed by atoms with Gasteiger partial charge in [-0.3, -0.25) is 9.89 Å². The standard InChI is InChI=1S/C21H35N5O.HI/c1-4-22-21(23-15-17(2)25-11-13-27-14-12-25)24-16-18(3)26-10-9-19-7-5-6-8-20(19)26;/h5-8,17-18H,4,9-16H2,1-3H3,(H2,22,23,24);1H. The van der Waals surface area contributed by atoms with Gasteiger partial charge < -0.3 is 20.3 Å². The molecule has 0 aliphatic carbocycles. The smallest absolute Gasteiger partial charge is 0.191 e. The molecule has 1 saturated heterocycles. The van der Waals surface area contributed by atoms with Crippen molar-refractivity contribution in [2.24, 2.45) is 4.99 Å². The third-order valence-electron chi connectivity index (χ3n) is 5.55. The molecule has 1 fully saturated rings. The summed E-state index contributed by atoms with van der Waals surface area (Å²) in [5.74, 6) is 0.914. The highest BCUT2D eigenvalue weighted by molar-refractivity contribution is 14.0. The molecule has 0 spiro atoms. The van der Waals surface area contributed by atoms with Gasteiger partial charge in [-0.15, -0.1) is 24.0 Å². The molecule has 7 heteroatoms. The van der Waals surface area contributed by atoms with Crippen molar-refractivity contribution in [3.63, 3.8) is 0 Å². The number of fused-ring (bicyclic) bond motifs is 1. The van der Waals surface area contributed by atoms with Crippen molar-refractivity contribution in [2.45, 2.75) is 39.3 Å². The van der Waals surface area contributed by atoms with Crippen LogP contribution in [0.1, 0.15) is 26.3 Å². The predicted molar refractivity (Wildman–Crippen MR) is 128 cm³/mol. The number of anilines is 1. The average Bonchev–Trinajstić information content (AvgIpc) is 3.14. The molecule has 0 saturated carbocycles. The Morgan fingerprint density at radius 2 is 1.86 bits per heavy atom. The van der Waals surface area contributed by atoms with Gasteiger partial charge >= 0.3 is 0 Å². The Morgan fingerprint density at radius 3 is 2.61 bits per heavy atom. The first-order valence-electron chi connectivity index (χ1n) is 10.4. The molecule has 2 aliphatic rings. The molecular formula is C21H36IN5O. The zero-order valence-electron chi connectivity index (χ0n) is 17.5. The van der Waals surface area contributed by atoms with E-state index < -0.39 is 0 Å². The van der Waals surface area contributed by atoms with E-state index in [2.05, 4.69) is 65.5 Å². The van der Waals surface area contributed by atoms with Gasteiger partial charge in [-0.25, -0.2) is 0 Å². The number of hydrogen-bond acceptors (Lipinski definition) is 4. The van der Waals surface area contributed by atoms with Crippen molar-refractivity contribution >= 4 is 35.6 Å². The van der Waals surface area contributed by atoms with Gasteiger partial charge in [-0.05, 0) is 38.8 Å². The zero-order valence-corrected chi connectivity index (χ0v) is 19.8. The molecule has 2 unspecified atom stereocenters. The zero-order chi connectivity index (χ0) is 19.1. The van der Waals surface area contributed by atoms with Gasteiger partial charge in [0.05, 0.1) is 19.8 Å². The van der Waals surface area contributed by atoms with Crippen LogP contribution < -0.4 is 15.5 Å². The van der Waals surface area contributed by atoms with Gasteiger partial charge in [0, 0.05) is 50.5 Å². The number of halogens is 1. The van der Waals surface area contributed by atoms with Gasteiger partial charge in [-0.1, -0.05) is 18.2 Å². The molecule has 158 valence electrons. The highest BCUT2D eigenvalue weighted by Crippen LogP contribution is 2.28. The first-order chi connectivity index (χ1) is 13.2. The lowest BCUT2D eigenvalue weighted by Gasteiger charge is -2.31. The van der Waals surface area contributed by atoms with Gasteiger partial charge in [0.1, 0.15) is 0 Å². The Kier molecular flexibility index (Phi) is 9.81. The van der Waals surface area contributed by atoms with Crippen LogP contribution in [0.15, 0.2) is 29.3 Å². The molecule has 2 atom stereocenters. The molecule has 28 heavy (non-hydrogen) atoms. The molecule has 2 aliphatic heterocycles. The van der Waals surface area contributed by atoms with Crippen molar-refractivity contribution < 1.29 is 4.74 Å². The van der Waals surface area contributed by atoms with Crippen molar-refractivity contribution in [3.05, 3.63) is 29.8 Å². The number of morpholine rings is 1. The fourth-order valence-corrected chi connectivity index (χ4v) is 3.88. The second-order valence-electron chi connectivity index (χ2n) is 7.52. The SMILES string of the molecule is CCNC(=NCC(C)N1CCOCC1)NCC(C)N1CCc2ccccc21.I. The Balaban J connectivity index is 0.00000280. The van der Waals surface area contributed by atoms with E-state index in [9.17, 15) is 0 Å². The maximum absolute atomic E-state index is 5.45. The summed E-state index contributed by atoms with van der Waals surface area (Å²) in [5.41, 5.74) is 2.85. The summed E-state index contributed by atoms with van der Waals surface area (Å²) >= 11 is 0. The molecule has 1 aromatic carbocycles. The number of nitrogens with one attached hydrogen (secondary N) is 2. The molecular weight excluding hydrogens is 465 g/mol. The van der Waals surface area contributed by atoms with Gasteiger partial charge in [0.15, 0.2) is 5.96 Å². The van der Waals surface area contributed by atoms with Crippen LogP contribution in [0.25, 0.3) is 0 Å². The highest BCUT2D eigenvalue weighted by Gasteiger charge is 2.23. The quantitative estimate of drug-likeness (QED) is 0.342. The first-order valence-corrected chi connectivity index (χ1v) is 10.4. The molecule has 1 aromatic rings. The minimum Gasteiger partial charge on any atom is -0.379 e. The fourth-order valence-electron chi connectivity index (χ4n) is 3.88. The topological polar surface area (TPSA) is 52.1 Å². The average molecular weight is 501 g/mol. The summed E-state index contributed by atoms with van der Waals surface area (Å²) in [4.78, 5) is 9.79. The largest absolute Gasteiger partial charge is 0.379 e. The van der Waals surface area contributed by atoms with Gasteiger partial charge in [0.2, 0.25) is 0 Å². The van der Waals surface area contributed by atoms with Crippen molar-refractivity contribution in [2.75, 3.05) is 57.4 Å². The van der Waals surface area contributed by atoms with Crippen LogP contribution in [-0.4, -0.2) is 75.4 Å². The van der Waals surface area contributed by atoms with Crippen LogP contribution in [0.2, 0.25) is 0 Å². The summed E-state index contributed by atoms with van der Waals surface area (Å²) < 4.78 is 5.45. The van der Waals surface area contributed by atoms with Crippen LogP contribution in [-0.2, 0) is 11.2 Å². The number of nitrogens with zero attached hydrogens (tertiary/aromatic N) is 3. The second-order valence-corrected chi connectivity index (χ2v) is 7.52. The number of hydrogen-bond donors (Lipinski definition) is 2. The summed E-state index contributed by atoms with van der Waals surface area (Å²) in [6, 6.07) is 9.62. The monoisotopic (exact) mass is 501 g/mol. The molecule has 0 bridgehead atoms. The Labute approximate surface area is 187 Å². The minimum absolute atomic E-state index is 0. The minimum atomic E-state index is 0. The van der Waals surface area contributed by atoms with E-state index >= 15 is 0 Å². The lowest BCUT2D eigenvalue weighted by atomic mass is 10.2. The summed E-state index contributed by atoms with van der Waals surface area (Å²) in [5, 5.41) is 6.92. The molecule has 2 heterocycles. The van der Waals surface area contributed by atoms with Crippen LogP contribution in [0.3, 0.4) is 0 Å². The number of benzene rings is 1. The molecule has 0 amide bonds. The second kappa shape index (κ2) is 11.8.